The van der Waals surface area contributed by atoms with E-state index in [1.165, 1.54) is 0 Å². The lowest BCUT2D eigenvalue weighted by Crippen LogP contribution is -2.04. The van der Waals surface area contributed by atoms with Crippen molar-refractivity contribution in [1.82, 2.24) is 0 Å². The van der Waals surface area contributed by atoms with Gasteiger partial charge in [0.2, 0.25) is 0 Å². The van der Waals surface area contributed by atoms with Crippen molar-refractivity contribution in [2.45, 2.75) is 19.8 Å². The van der Waals surface area contributed by atoms with E-state index in [1.54, 1.807) is 0 Å². The van der Waals surface area contributed by atoms with Crippen LogP contribution in [0.25, 0.3) is 0 Å². The van der Waals surface area contributed by atoms with Crippen LogP contribution in [0.15, 0.2) is 11.6 Å². The SMILES string of the molecule is C=C(Cl)COS(=O)OCCCC. The first kappa shape index (κ1) is 12.1. The summed E-state index contributed by atoms with van der Waals surface area (Å²) < 4.78 is 20.2. The van der Waals surface area contributed by atoms with Crippen molar-refractivity contribution in [2.24, 2.45) is 0 Å². The first-order valence-corrected chi connectivity index (χ1v) is 5.06. The van der Waals surface area contributed by atoms with Gasteiger partial charge < -0.3 is 0 Å². The molecule has 0 saturated carbocycles. The summed E-state index contributed by atoms with van der Waals surface area (Å²) in [7, 11) is 0. The fraction of sp³-hybridized carbons (Fsp3) is 0.714. The lowest BCUT2D eigenvalue weighted by atomic mass is 10.4. The Morgan fingerprint density at radius 1 is 1.58 bits per heavy atom. The van der Waals surface area contributed by atoms with Gasteiger partial charge in [-0.25, -0.2) is 0 Å². The fourth-order valence-electron chi connectivity index (χ4n) is 0.417. The van der Waals surface area contributed by atoms with Crippen LogP contribution < -0.4 is 0 Å². The number of halogens is 1. The van der Waals surface area contributed by atoms with Crippen molar-refractivity contribution < 1.29 is 12.6 Å². The van der Waals surface area contributed by atoms with Gasteiger partial charge in [0.1, 0.15) is 6.61 Å². The molecule has 0 aromatic carbocycles. The van der Waals surface area contributed by atoms with Gasteiger partial charge in [-0.05, 0) is 6.42 Å². The summed E-state index contributed by atoms with van der Waals surface area (Å²) in [6, 6.07) is 0. The molecule has 0 aromatic heterocycles. The van der Waals surface area contributed by atoms with Crippen LogP contribution in [0.1, 0.15) is 19.8 Å². The third-order valence-electron chi connectivity index (χ3n) is 0.989. The van der Waals surface area contributed by atoms with E-state index < -0.39 is 11.4 Å². The normalized spacial score (nSPS) is 12.8. The minimum absolute atomic E-state index is 0.0558. The molecule has 0 N–H and O–H groups in total. The summed E-state index contributed by atoms with van der Waals surface area (Å²) in [6.07, 6.45) is 1.87. The molecule has 1 atom stereocenters. The van der Waals surface area contributed by atoms with Crippen LogP contribution >= 0.6 is 11.6 Å². The molecule has 0 rings (SSSR count). The molecule has 0 aliphatic carbocycles. The van der Waals surface area contributed by atoms with E-state index in [0.29, 0.717) is 11.6 Å². The maximum absolute atomic E-state index is 10.8. The number of unbranched alkanes of at least 4 members (excludes halogenated alkanes) is 1. The second-order valence-corrected chi connectivity index (χ2v) is 3.57. The minimum atomic E-state index is -1.69. The zero-order valence-corrected chi connectivity index (χ0v) is 8.62. The van der Waals surface area contributed by atoms with Gasteiger partial charge in [0.25, 0.3) is 0 Å². The summed E-state index contributed by atoms with van der Waals surface area (Å²) in [5.74, 6) is 0. The van der Waals surface area contributed by atoms with E-state index in [1.807, 2.05) is 6.92 Å². The molecule has 0 aliphatic rings. The van der Waals surface area contributed by atoms with Crippen molar-refractivity contribution in [3.63, 3.8) is 0 Å². The standard InChI is InChI=1S/C7H13ClO3S/c1-3-4-5-10-12(9)11-6-7(2)8/h2-6H2,1H3. The molecule has 0 heterocycles. The molecule has 0 fully saturated rings. The number of hydrogen-bond donors (Lipinski definition) is 0. The van der Waals surface area contributed by atoms with Crippen molar-refractivity contribution in [2.75, 3.05) is 13.2 Å². The smallest absolute Gasteiger partial charge is 0.268 e. The third kappa shape index (κ3) is 8.20. The van der Waals surface area contributed by atoms with Gasteiger partial charge in [-0.1, -0.05) is 31.5 Å². The summed E-state index contributed by atoms with van der Waals surface area (Å²) in [4.78, 5) is 0. The zero-order chi connectivity index (χ0) is 9.40. The molecular formula is C7H13ClO3S. The lowest BCUT2D eigenvalue weighted by Gasteiger charge is -2.01. The number of hydrogen-bond acceptors (Lipinski definition) is 3. The molecule has 5 heteroatoms. The molecule has 12 heavy (non-hydrogen) atoms. The van der Waals surface area contributed by atoms with Gasteiger partial charge in [-0.15, -0.1) is 0 Å². The Morgan fingerprint density at radius 2 is 2.25 bits per heavy atom. The zero-order valence-electron chi connectivity index (χ0n) is 7.05. The Balaban J connectivity index is 3.28. The van der Waals surface area contributed by atoms with Crippen LogP contribution in [0.3, 0.4) is 0 Å². The van der Waals surface area contributed by atoms with Crippen LogP contribution in [-0.2, 0) is 19.7 Å². The van der Waals surface area contributed by atoms with Gasteiger partial charge in [0.15, 0.2) is 0 Å². The predicted molar refractivity (Wildman–Crippen MR) is 49.9 cm³/mol. The minimum Gasteiger partial charge on any atom is -0.268 e. The summed E-state index contributed by atoms with van der Waals surface area (Å²) in [5, 5.41) is 0.308. The van der Waals surface area contributed by atoms with Crippen LogP contribution in [0, 0.1) is 0 Å². The third-order valence-corrected chi connectivity index (χ3v) is 1.77. The van der Waals surface area contributed by atoms with Crippen molar-refractivity contribution in [3.05, 3.63) is 11.6 Å². The van der Waals surface area contributed by atoms with Gasteiger partial charge in [-0.2, -0.15) is 4.21 Å². The Bertz CT molecular complexity index is 161. The van der Waals surface area contributed by atoms with E-state index in [0.717, 1.165) is 12.8 Å². The Labute approximate surface area is 80.6 Å². The van der Waals surface area contributed by atoms with E-state index in [-0.39, 0.29) is 6.61 Å². The number of rotatable bonds is 7. The summed E-state index contributed by atoms with van der Waals surface area (Å²) in [6.45, 7) is 5.89. The molecule has 3 nitrogen and oxygen atoms in total. The molecule has 1 unspecified atom stereocenters. The first-order chi connectivity index (χ1) is 5.66. The highest BCUT2D eigenvalue weighted by atomic mass is 35.5. The van der Waals surface area contributed by atoms with E-state index >= 15 is 0 Å². The molecule has 72 valence electrons. The summed E-state index contributed by atoms with van der Waals surface area (Å²) >= 11 is 3.69. The highest BCUT2D eigenvalue weighted by Gasteiger charge is 2.00. The average Bonchev–Trinajstić information content (AvgIpc) is 2.01. The largest absolute Gasteiger partial charge is 0.304 e. The highest BCUT2D eigenvalue weighted by Crippen LogP contribution is 2.00. The van der Waals surface area contributed by atoms with Gasteiger partial charge >= 0.3 is 11.4 Å². The lowest BCUT2D eigenvalue weighted by molar-refractivity contribution is 0.262. The Kier molecular flexibility index (Phi) is 7.80. The van der Waals surface area contributed by atoms with Crippen LogP contribution in [0.5, 0.6) is 0 Å². The predicted octanol–water partition coefficient (Wildman–Crippen LogP) is 2.15. The van der Waals surface area contributed by atoms with Crippen molar-refractivity contribution in [3.8, 4) is 0 Å². The molecule has 0 amide bonds. The topological polar surface area (TPSA) is 35.5 Å². The van der Waals surface area contributed by atoms with E-state index in [9.17, 15) is 4.21 Å². The second kappa shape index (κ2) is 7.73. The second-order valence-electron chi connectivity index (χ2n) is 2.16. The molecular weight excluding hydrogens is 200 g/mol. The molecule has 0 radical (unpaired) electrons. The van der Waals surface area contributed by atoms with Gasteiger partial charge in [0.05, 0.1) is 6.61 Å². The van der Waals surface area contributed by atoms with Gasteiger partial charge in [0, 0.05) is 5.03 Å². The maximum Gasteiger partial charge on any atom is 0.304 e. The van der Waals surface area contributed by atoms with Crippen LogP contribution in [0.4, 0.5) is 0 Å². The Morgan fingerprint density at radius 3 is 2.75 bits per heavy atom. The molecule has 0 aliphatic heterocycles. The van der Waals surface area contributed by atoms with E-state index in [4.69, 9.17) is 15.8 Å². The van der Waals surface area contributed by atoms with Crippen LogP contribution in [0.2, 0.25) is 0 Å². The molecule has 0 spiro atoms. The Hall–Kier alpha value is 0.1000. The summed E-state index contributed by atoms with van der Waals surface area (Å²) in [5.41, 5.74) is 0. The average molecular weight is 213 g/mol. The fourth-order valence-corrected chi connectivity index (χ4v) is 1.10. The monoisotopic (exact) mass is 212 g/mol. The quantitative estimate of drug-likeness (QED) is 0.607. The van der Waals surface area contributed by atoms with Gasteiger partial charge in [-0.3, -0.25) is 8.37 Å². The highest BCUT2D eigenvalue weighted by molar-refractivity contribution is 7.75. The van der Waals surface area contributed by atoms with Crippen molar-refractivity contribution >= 4 is 23.0 Å². The van der Waals surface area contributed by atoms with Crippen molar-refractivity contribution in [1.29, 1.82) is 0 Å². The van der Waals surface area contributed by atoms with Crippen LogP contribution in [-0.4, -0.2) is 17.4 Å². The maximum atomic E-state index is 10.8. The molecule has 0 saturated heterocycles. The van der Waals surface area contributed by atoms with E-state index in [2.05, 4.69) is 10.8 Å². The molecule has 0 aromatic rings. The molecule has 0 bridgehead atoms. The first-order valence-electron chi connectivity index (χ1n) is 3.68.